The number of carbonyl (C=O) groups excluding carboxylic acids is 4. The second kappa shape index (κ2) is 15.0. The first-order valence-corrected chi connectivity index (χ1v) is 20.1. The van der Waals surface area contributed by atoms with Gasteiger partial charge in [-0.15, -0.1) is 6.58 Å². The van der Waals surface area contributed by atoms with Crippen LogP contribution in [0.4, 0.5) is 17.3 Å². The standard InChI is InChI=1S/C43H44N10O6/c1-3-18-51-39(56)32-25-44-42(48-37(32)53(51)34-13-7-27-15-17-43(59,4-2)36(27)46-34)45-28-8-5-26(6-9-28)16-19-49-20-22-50(23-21-49)29-10-11-30-31(24-29)41(58)52(40(30)57)33-12-14-35(54)47-38(33)55/h3,5-11,13,24-25,33,59H,1,4,12,14-23H2,2H3,(H,44,45,48)(H,47,54,55)/t33?,43-/m1/s1. The van der Waals surface area contributed by atoms with Crippen LogP contribution in [0, 0.1) is 0 Å². The first-order chi connectivity index (χ1) is 28.5. The molecule has 3 aliphatic heterocycles. The monoisotopic (exact) mass is 796 g/mol. The number of imide groups is 2. The lowest BCUT2D eigenvalue weighted by Gasteiger charge is -2.36. The molecule has 16 nitrogen and oxygen atoms in total. The molecule has 0 saturated carbocycles. The third kappa shape index (κ3) is 6.77. The lowest BCUT2D eigenvalue weighted by Crippen LogP contribution is -2.54. The van der Waals surface area contributed by atoms with Gasteiger partial charge in [0, 0.05) is 56.7 Å². The van der Waals surface area contributed by atoms with Gasteiger partial charge < -0.3 is 15.3 Å². The first-order valence-electron chi connectivity index (χ1n) is 20.1. The molecular weight excluding hydrogens is 753 g/mol. The third-order valence-electron chi connectivity index (χ3n) is 12.1. The average molecular weight is 797 g/mol. The molecule has 302 valence electrons. The number of piperidine rings is 1. The molecule has 0 spiro atoms. The van der Waals surface area contributed by atoms with Gasteiger partial charge in [-0.1, -0.05) is 31.2 Å². The number of piperazine rings is 1. The van der Waals surface area contributed by atoms with Gasteiger partial charge in [-0.3, -0.25) is 39.1 Å². The van der Waals surface area contributed by atoms with Crippen molar-refractivity contribution in [3.05, 3.63) is 112 Å². The van der Waals surface area contributed by atoms with Crippen LogP contribution in [0.1, 0.15) is 70.1 Å². The molecule has 0 radical (unpaired) electrons. The number of hydrogen-bond donors (Lipinski definition) is 3. The molecule has 2 atom stereocenters. The van der Waals surface area contributed by atoms with Gasteiger partial charge in [0.2, 0.25) is 17.8 Å². The molecule has 1 aliphatic carbocycles. The summed E-state index contributed by atoms with van der Waals surface area (Å²) in [6.45, 7) is 10.0. The number of hydrogen-bond acceptors (Lipinski definition) is 12. The normalized spacial score (nSPS) is 20.6. The summed E-state index contributed by atoms with van der Waals surface area (Å²) >= 11 is 0. The fourth-order valence-electron chi connectivity index (χ4n) is 8.67. The molecule has 0 bridgehead atoms. The number of carbonyl (C=O) groups is 4. The summed E-state index contributed by atoms with van der Waals surface area (Å²) in [4.78, 5) is 83.7. The van der Waals surface area contributed by atoms with Gasteiger partial charge in [0.25, 0.3) is 17.4 Å². The number of nitrogens with one attached hydrogen (secondary N) is 2. The van der Waals surface area contributed by atoms with E-state index in [-0.39, 0.29) is 36.1 Å². The van der Waals surface area contributed by atoms with Crippen LogP contribution in [0.25, 0.3) is 16.9 Å². The molecule has 2 fully saturated rings. The number of aliphatic hydroxyl groups is 1. The summed E-state index contributed by atoms with van der Waals surface area (Å²) in [5.41, 5.74) is 4.14. The highest BCUT2D eigenvalue weighted by Gasteiger charge is 2.45. The largest absolute Gasteiger partial charge is 0.384 e. The van der Waals surface area contributed by atoms with E-state index in [9.17, 15) is 29.1 Å². The Morgan fingerprint density at radius 3 is 2.47 bits per heavy atom. The van der Waals surface area contributed by atoms with E-state index in [4.69, 9.17) is 9.97 Å². The van der Waals surface area contributed by atoms with Crippen LogP contribution >= 0.6 is 0 Å². The van der Waals surface area contributed by atoms with Crippen molar-refractivity contribution in [3.8, 4) is 5.82 Å². The fraction of sp³-hybridized carbons (Fsp3) is 0.349. The minimum Gasteiger partial charge on any atom is -0.384 e. The predicted molar refractivity (Wildman–Crippen MR) is 219 cm³/mol. The van der Waals surface area contributed by atoms with Crippen LogP contribution in [0.2, 0.25) is 0 Å². The molecule has 4 aliphatic rings. The smallest absolute Gasteiger partial charge is 0.278 e. The van der Waals surface area contributed by atoms with Crippen molar-refractivity contribution in [1.82, 2.24) is 39.4 Å². The zero-order valence-electron chi connectivity index (χ0n) is 32.7. The Bertz CT molecular complexity index is 2610. The van der Waals surface area contributed by atoms with E-state index in [0.29, 0.717) is 41.3 Å². The Balaban J connectivity index is 0.827. The molecule has 3 N–H and O–H groups in total. The SMILES string of the molecule is C=CCn1c(=O)c2cnc(Nc3ccc(CCN4CCN(c5ccc6c(c5)C(=O)N(C5CCC(=O)NC5=O)C6=O)CC4)cc3)nc2n1-c1ccc2c(n1)[C@@](O)(CC)CC2. The fourth-order valence-corrected chi connectivity index (χ4v) is 8.67. The van der Waals surface area contributed by atoms with E-state index >= 15 is 0 Å². The summed E-state index contributed by atoms with van der Waals surface area (Å²) in [7, 11) is 0. The van der Waals surface area contributed by atoms with Crippen LogP contribution in [-0.2, 0) is 34.6 Å². The van der Waals surface area contributed by atoms with Crippen molar-refractivity contribution in [3.63, 3.8) is 0 Å². The highest BCUT2D eigenvalue weighted by molar-refractivity contribution is 6.23. The number of aryl methyl sites for hydroxylation is 1. The van der Waals surface area contributed by atoms with E-state index in [1.807, 2.05) is 37.3 Å². The summed E-state index contributed by atoms with van der Waals surface area (Å²) in [5.74, 6) is -1.22. The van der Waals surface area contributed by atoms with E-state index in [0.717, 1.165) is 67.4 Å². The molecule has 59 heavy (non-hydrogen) atoms. The zero-order valence-corrected chi connectivity index (χ0v) is 32.7. The van der Waals surface area contributed by atoms with E-state index in [2.05, 4.69) is 44.1 Å². The number of amides is 4. The quantitative estimate of drug-likeness (QED) is 0.131. The highest BCUT2D eigenvalue weighted by Crippen LogP contribution is 2.38. The van der Waals surface area contributed by atoms with Gasteiger partial charge in [0.15, 0.2) is 11.5 Å². The van der Waals surface area contributed by atoms with Crippen molar-refractivity contribution >= 4 is 52.0 Å². The van der Waals surface area contributed by atoms with E-state index < -0.39 is 35.3 Å². The predicted octanol–water partition coefficient (Wildman–Crippen LogP) is 3.22. The van der Waals surface area contributed by atoms with Crippen molar-refractivity contribution in [1.29, 1.82) is 0 Å². The molecule has 1 unspecified atom stereocenters. The van der Waals surface area contributed by atoms with Crippen molar-refractivity contribution in [2.75, 3.05) is 42.9 Å². The minimum atomic E-state index is -1.01. The number of rotatable bonds is 11. The average Bonchev–Trinajstić information content (AvgIpc) is 3.82. The first kappa shape index (κ1) is 38.0. The molecule has 5 aromatic rings. The van der Waals surface area contributed by atoms with Gasteiger partial charge in [0.05, 0.1) is 23.4 Å². The van der Waals surface area contributed by atoms with Crippen molar-refractivity contribution in [2.45, 2.75) is 63.6 Å². The lowest BCUT2D eigenvalue weighted by atomic mass is 9.98. The second-order valence-corrected chi connectivity index (χ2v) is 15.6. The topological polar surface area (TPSA) is 188 Å². The van der Waals surface area contributed by atoms with E-state index in [1.54, 1.807) is 22.9 Å². The van der Waals surface area contributed by atoms with Crippen molar-refractivity contribution in [2.24, 2.45) is 0 Å². The zero-order chi connectivity index (χ0) is 41.0. The lowest BCUT2D eigenvalue weighted by molar-refractivity contribution is -0.136. The van der Waals surface area contributed by atoms with Crippen LogP contribution in [0.5, 0.6) is 0 Å². The van der Waals surface area contributed by atoms with E-state index in [1.165, 1.54) is 16.4 Å². The molecule has 6 heterocycles. The Morgan fingerprint density at radius 1 is 0.949 bits per heavy atom. The highest BCUT2D eigenvalue weighted by atomic mass is 16.3. The van der Waals surface area contributed by atoms with Gasteiger partial charge in [0.1, 0.15) is 17.0 Å². The molecular formula is C43H44N10O6. The molecule has 9 rings (SSSR count). The molecule has 2 aromatic carbocycles. The summed E-state index contributed by atoms with van der Waals surface area (Å²) < 4.78 is 3.20. The summed E-state index contributed by atoms with van der Waals surface area (Å²) in [6, 6.07) is 16.2. The molecule has 3 aromatic heterocycles. The maximum absolute atomic E-state index is 13.5. The number of anilines is 3. The minimum absolute atomic E-state index is 0.0796. The number of aromatic nitrogens is 5. The number of pyridine rings is 1. The number of benzene rings is 2. The third-order valence-corrected chi connectivity index (χ3v) is 12.1. The van der Waals surface area contributed by atoms with Crippen LogP contribution in [-0.4, -0.2) is 102 Å². The Labute approximate surface area is 339 Å². The maximum Gasteiger partial charge on any atom is 0.278 e. The Kier molecular flexibility index (Phi) is 9.67. The number of allylic oxidation sites excluding steroid dienone is 1. The maximum atomic E-state index is 13.5. The number of nitrogens with zero attached hydrogens (tertiary/aromatic N) is 8. The van der Waals surface area contributed by atoms with Crippen LogP contribution in [0.3, 0.4) is 0 Å². The molecule has 16 heteroatoms. The Morgan fingerprint density at radius 2 is 1.73 bits per heavy atom. The molecule has 4 amide bonds. The van der Waals surface area contributed by atoms with Gasteiger partial charge in [-0.2, -0.15) is 4.98 Å². The van der Waals surface area contributed by atoms with Gasteiger partial charge in [-0.25, -0.2) is 19.3 Å². The number of fused-ring (bicyclic) bond motifs is 3. The summed E-state index contributed by atoms with van der Waals surface area (Å²) in [5, 5.41) is 17.1. The van der Waals surface area contributed by atoms with Crippen LogP contribution < -0.4 is 21.1 Å². The summed E-state index contributed by atoms with van der Waals surface area (Å²) in [6.07, 6.45) is 6.11. The van der Waals surface area contributed by atoms with Crippen molar-refractivity contribution < 1.29 is 24.3 Å². The van der Waals surface area contributed by atoms with Crippen LogP contribution in [0.15, 0.2) is 78.2 Å². The van der Waals surface area contributed by atoms with Gasteiger partial charge in [-0.05, 0) is 79.6 Å². The van der Waals surface area contributed by atoms with Gasteiger partial charge >= 0.3 is 0 Å². The second-order valence-electron chi connectivity index (χ2n) is 15.6. The Hall–Kier alpha value is -6.52. The molecule has 2 saturated heterocycles.